The lowest BCUT2D eigenvalue weighted by atomic mass is 10.1. The van der Waals surface area contributed by atoms with Crippen molar-refractivity contribution in [1.82, 2.24) is 0 Å². The molecular weight excluding hydrogens is 216 g/mol. The monoisotopic (exact) mass is 226 g/mol. The molecule has 1 saturated heterocycles. The van der Waals surface area contributed by atoms with E-state index in [2.05, 4.69) is 0 Å². The van der Waals surface area contributed by atoms with E-state index in [1.165, 1.54) is 0 Å². The molecule has 0 radical (unpaired) electrons. The maximum atomic E-state index is 9.91. The molecule has 0 saturated carbocycles. The van der Waals surface area contributed by atoms with Crippen LogP contribution in [-0.2, 0) is 15.3 Å². The second kappa shape index (κ2) is 3.19. The Morgan fingerprint density at radius 1 is 1.33 bits per heavy atom. The van der Waals surface area contributed by atoms with Gasteiger partial charge in [-0.1, -0.05) is 17.7 Å². The molecule has 1 spiro atoms. The molecular formula is C11H11ClO3. The first-order chi connectivity index (χ1) is 7.21. The van der Waals surface area contributed by atoms with Crippen LogP contribution in [0.4, 0.5) is 0 Å². The third kappa shape index (κ3) is 1.31. The van der Waals surface area contributed by atoms with E-state index >= 15 is 0 Å². The summed E-state index contributed by atoms with van der Waals surface area (Å²) in [4.78, 5) is 0. The van der Waals surface area contributed by atoms with Gasteiger partial charge in [0.15, 0.2) is 5.79 Å². The zero-order valence-corrected chi connectivity index (χ0v) is 8.83. The van der Waals surface area contributed by atoms with Gasteiger partial charge in [0, 0.05) is 17.0 Å². The van der Waals surface area contributed by atoms with Gasteiger partial charge in [-0.2, -0.15) is 0 Å². The summed E-state index contributed by atoms with van der Waals surface area (Å²) < 4.78 is 11.2. The van der Waals surface area contributed by atoms with E-state index in [1.807, 2.05) is 6.07 Å². The molecule has 0 bridgehead atoms. The molecule has 0 aromatic heterocycles. The summed E-state index contributed by atoms with van der Waals surface area (Å²) in [6.45, 7) is 1.16. The van der Waals surface area contributed by atoms with Crippen molar-refractivity contribution in [2.75, 3.05) is 13.2 Å². The first-order valence-corrected chi connectivity index (χ1v) is 5.35. The molecule has 15 heavy (non-hydrogen) atoms. The number of aliphatic hydroxyl groups excluding tert-OH is 1. The van der Waals surface area contributed by atoms with E-state index < -0.39 is 11.9 Å². The summed E-state index contributed by atoms with van der Waals surface area (Å²) in [5.74, 6) is -0.723. The topological polar surface area (TPSA) is 38.7 Å². The summed E-state index contributed by atoms with van der Waals surface area (Å²) in [7, 11) is 0. The zero-order valence-electron chi connectivity index (χ0n) is 8.07. The number of ether oxygens (including phenoxy) is 2. The van der Waals surface area contributed by atoms with Crippen LogP contribution in [0.1, 0.15) is 23.7 Å². The van der Waals surface area contributed by atoms with Crippen molar-refractivity contribution in [3.63, 3.8) is 0 Å². The third-order valence-corrected chi connectivity index (χ3v) is 3.23. The molecule has 3 rings (SSSR count). The molecule has 1 fully saturated rings. The normalized spacial score (nSPS) is 27.2. The van der Waals surface area contributed by atoms with Gasteiger partial charge in [0.05, 0.1) is 19.3 Å². The summed E-state index contributed by atoms with van der Waals surface area (Å²) in [6, 6.07) is 5.45. The summed E-state index contributed by atoms with van der Waals surface area (Å²) in [5.41, 5.74) is 1.74. The van der Waals surface area contributed by atoms with Gasteiger partial charge >= 0.3 is 0 Å². The van der Waals surface area contributed by atoms with Crippen LogP contribution in [-0.4, -0.2) is 18.3 Å². The van der Waals surface area contributed by atoms with Crippen molar-refractivity contribution in [2.45, 2.75) is 18.3 Å². The van der Waals surface area contributed by atoms with E-state index in [0.717, 1.165) is 11.1 Å². The highest BCUT2D eigenvalue weighted by Crippen LogP contribution is 2.48. The van der Waals surface area contributed by atoms with Crippen LogP contribution in [0.2, 0.25) is 5.02 Å². The third-order valence-electron chi connectivity index (χ3n) is 3.00. The maximum Gasteiger partial charge on any atom is 0.198 e. The Bertz CT molecular complexity index is 399. The lowest BCUT2D eigenvalue weighted by Crippen LogP contribution is -2.23. The molecule has 3 nitrogen and oxygen atoms in total. The fourth-order valence-electron chi connectivity index (χ4n) is 2.36. The van der Waals surface area contributed by atoms with Crippen molar-refractivity contribution in [1.29, 1.82) is 0 Å². The molecule has 1 aromatic carbocycles. The van der Waals surface area contributed by atoms with Crippen LogP contribution >= 0.6 is 11.6 Å². The Morgan fingerprint density at radius 2 is 2.07 bits per heavy atom. The number of halogens is 1. The lowest BCUT2D eigenvalue weighted by Gasteiger charge is -2.22. The van der Waals surface area contributed by atoms with Gasteiger partial charge in [0.1, 0.15) is 0 Å². The lowest BCUT2D eigenvalue weighted by molar-refractivity contribution is -0.174. The molecule has 1 aliphatic carbocycles. The Balaban J connectivity index is 2.13. The number of rotatable bonds is 0. The van der Waals surface area contributed by atoms with Crippen LogP contribution in [0, 0.1) is 0 Å². The van der Waals surface area contributed by atoms with E-state index in [4.69, 9.17) is 21.1 Å². The van der Waals surface area contributed by atoms with Crippen molar-refractivity contribution in [3.8, 4) is 0 Å². The first-order valence-electron chi connectivity index (χ1n) is 4.97. The molecule has 1 N–H and O–H groups in total. The molecule has 4 heteroatoms. The van der Waals surface area contributed by atoms with Crippen molar-refractivity contribution in [2.24, 2.45) is 0 Å². The molecule has 0 amide bonds. The average Bonchev–Trinajstić information content (AvgIpc) is 2.76. The molecule has 80 valence electrons. The Morgan fingerprint density at radius 3 is 2.80 bits per heavy atom. The van der Waals surface area contributed by atoms with Gasteiger partial charge in [0.2, 0.25) is 0 Å². The van der Waals surface area contributed by atoms with E-state index in [9.17, 15) is 5.11 Å². The maximum absolute atomic E-state index is 9.91. The highest BCUT2D eigenvalue weighted by Gasteiger charge is 2.48. The predicted molar refractivity (Wildman–Crippen MR) is 54.6 cm³/mol. The second-order valence-electron chi connectivity index (χ2n) is 3.90. The molecule has 2 aliphatic rings. The number of hydrogen-bond acceptors (Lipinski definition) is 3. The van der Waals surface area contributed by atoms with Crippen molar-refractivity contribution in [3.05, 3.63) is 34.3 Å². The standard InChI is InChI=1S/C11H11ClO3/c12-7-1-2-9-8(5-7)10(13)6-11(9)14-3-4-15-11/h1-2,5,10,13H,3-4,6H2. The molecule has 1 aromatic rings. The van der Waals surface area contributed by atoms with Crippen molar-refractivity contribution < 1.29 is 14.6 Å². The molecule has 1 heterocycles. The number of aliphatic hydroxyl groups is 1. The summed E-state index contributed by atoms with van der Waals surface area (Å²) in [5, 5.41) is 10.5. The van der Waals surface area contributed by atoms with Crippen molar-refractivity contribution >= 4 is 11.6 Å². The largest absolute Gasteiger partial charge is 0.388 e. The van der Waals surface area contributed by atoms with E-state index in [-0.39, 0.29) is 0 Å². The molecule has 1 aliphatic heterocycles. The Hall–Kier alpha value is -0.610. The number of hydrogen-bond donors (Lipinski definition) is 1. The van der Waals surface area contributed by atoms with E-state index in [1.54, 1.807) is 12.1 Å². The van der Waals surface area contributed by atoms with Crippen LogP contribution in [0.25, 0.3) is 0 Å². The molecule has 1 unspecified atom stereocenters. The van der Waals surface area contributed by atoms with Gasteiger partial charge in [-0.3, -0.25) is 0 Å². The second-order valence-corrected chi connectivity index (χ2v) is 4.34. The minimum atomic E-state index is -0.723. The van der Waals surface area contributed by atoms with Crippen LogP contribution in [0.15, 0.2) is 18.2 Å². The van der Waals surface area contributed by atoms with Crippen LogP contribution in [0.3, 0.4) is 0 Å². The summed E-state index contributed by atoms with van der Waals surface area (Å²) >= 11 is 5.89. The van der Waals surface area contributed by atoms with Gasteiger partial charge in [-0.05, 0) is 17.7 Å². The summed E-state index contributed by atoms with van der Waals surface area (Å²) in [6.07, 6.45) is -0.0836. The fourth-order valence-corrected chi connectivity index (χ4v) is 2.54. The number of fused-ring (bicyclic) bond motifs is 2. The highest BCUT2D eigenvalue weighted by molar-refractivity contribution is 6.30. The Kier molecular flexibility index (Phi) is 2.04. The highest BCUT2D eigenvalue weighted by atomic mass is 35.5. The fraction of sp³-hybridized carbons (Fsp3) is 0.455. The van der Waals surface area contributed by atoms with Gasteiger partial charge < -0.3 is 14.6 Å². The van der Waals surface area contributed by atoms with E-state index in [0.29, 0.717) is 24.7 Å². The Labute approximate surface area is 92.6 Å². The van der Waals surface area contributed by atoms with Gasteiger partial charge in [-0.15, -0.1) is 0 Å². The van der Waals surface area contributed by atoms with Crippen LogP contribution in [0.5, 0.6) is 0 Å². The first kappa shape index (κ1) is 9.60. The minimum absolute atomic E-state index is 0.461. The zero-order chi connectivity index (χ0) is 10.5. The molecule has 1 atom stereocenters. The predicted octanol–water partition coefficient (Wildman–Crippen LogP) is 1.98. The quantitative estimate of drug-likeness (QED) is 0.735. The van der Waals surface area contributed by atoms with Crippen LogP contribution < -0.4 is 0 Å². The number of benzene rings is 1. The SMILES string of the molecule is OC1CC2(OCCO2)c2ccc(Cl)cc21. The van der Waals surface area contributed by atoms with Gasteiger partial charge in [0.25, 0.3) is 0 Å². The minimum Gasteiger partial charge on any atom is -0.388 e. The smallest absolute Gasteiger partial charge is 0.198 e. The van der Waals surface area contributed by atoms with Gasteiger partial charge in [-0.25, -0.2) is 0 Å². The average molecular weight is 227 g/mol.